The molecule has 0 radical (unpaired) electrons. The van der Waals surface area contributed by atoms with Gasteiger partial charge < -0.3 is 10.2 Å². The molecule has 3 heterocycles. The number of rotatable bonds is 5. The van der Waals surface area contributed by atoms with E-state index >= 15 is 0 Å². The van der Waals surface area contributed by atoms with Crippen molar-refractivity contribution in [2.45, 2.75) is 53.8 Å². The topological polar surface area (TPSA) is 95.9 Å². The van der Waals surface area contributed by atoms with Gasteiger partial charge in [0.25, 0.3) is 0 Å². The molecule has 0 aliphatic carbocycles. The van der Waals surface area contributed by atoms with Gasteiger partial charge in [-0.1, -0.05) is 13.8 Å². The maximum Gasteiger partial charge on any atom is 0.225 e. The van der Waals surface area contributed by atoms with E-state index in [9.17, 15) is 9.59 Å². The van der Waals surface area contributed by atoms with Gasteiger partial charge in [0.15, 0.2) is 0 Å². The number of fused-ring (bicyclic) bond motifs is 1. The van der Waals surface area contributed by atoms with Gasteiger partial charge in [0.05, 0.1) is 43.1 Å². The number of amides is 2. The van der Waals surface area contributed by atoms with Crippen LogP contribution < -0.4 is 5.32 Å². The largest absolute Gasteiger partial charge is 0.350 e. The van der Waals surface area contributed by atoms with Crippen LogP contribution in [0.15, 0.2) is 6.07 Å². The highest BCUT2D eigenvalue weighted by Gasteiger charge is 2.24. The molecular formula is C18H26N6O2. The minimum absolute atomic E-state index is 0.00179. The SMILES string of the molecule is Cc1n[nH]c(C)c1CC(=O)NCc1cc2n(n1)CCN(C(=O)C(C)C)C2. The molecule has 0 spiro atoms. The Balaban J connectivity index is 1.57. The number of carbonyl (C=O) groups is 2. The van der Waals surface area contributed by atoms with Crippen LogP contribution >= 0.6 is 0 Å². The molecule has 8 nitrogen and oxygen atoms in total. The first-order chi connectivity index (χ1) is 12.3. The van der Waals surface area contributed by atoms with Gasteiger partial charge in [-0.05, 0) is 19.9 Å². The lowest BCUT2D eigenvalue weighted by atomic mass is 10.1. The average molecular weight is 358 g/mol. The highest BCUT2D eigenvalue weighted by Crippen LogP contribution is 2.16. The van der Waals surface area contributed by atoms with Gasteiger partial charge >= 0.3 is 0 Å². The van der Waals surface area contributed by atoms with Crippen molar-refractivity contribution in [1.29, 1.82) is 0 Å². The second-order valence-corrected chi connectivity index (χ2v) is 7.13. The van der Waals surface area contributed by atoms with Crippen molar-refractivity contribution in [3.05, 3.63) is 34.4 Å². The highest BCUT2D eigenvalue weighted by molar-refractivity contribution is 5.79. The molecule has 0 aromatic carbocycles. The van der Waals surface area contributed by atoms with Crippen LogP contribution in [0.1, 0.15) is 42.2 Å². The average Bonchev–Trinajstić information content (AvgIpc) is 3.16. The quantitative estimate of drug-likeness (QED) is 0.836. The molecule has 1 aliphatic rings. The van der Waals surface area contributed by atoms with Crippen LogP contribution in [-0.2, 0) is 35.6 Å². The van der Waals surface area contributed by atoms with Gasteiger partial charge in [0, 0.05) is 23.7 Å². The van der Waals surface area contributed by atoms with Crippen LogP contribution in [-0.4, -0.2) is 43.2 Å². The van der Waals surface area contributed by atoms with Gasteiger partial charge in [0.1, 0.15) is 0 Å². The third-order valence-corrected chi connectivity index (χ3v) is 4.74. The molecule has 0 fully saturated rings. The van der Waals surface area contributed by atoms with Crippen LogP contribution in [0.5, 0.6) is 0 Å². The van der Waals surface area contributed by atoms with Crippen molar-refractivity contribution in [3.63, 3.8) is 0 Å². The smallest absolute Gasteiger partial charge is 0.225 e. The summed E-state index contributed by atoms with van der Waals surface area (Å²) in [6, 6.07) is 1.97. The van der Waals surface area contributed by atoms with E-state index < -0.39 is 0 Å². The Morgan fingerprint density at radius 3 is 2.73 bits per heavy atom. The first-order valence-corrected chi connectivity index (χ1v) is 8.96. The van der Waals surface area contributed by atoms with E-state index in [1.807, 2.05) is 43.3 Å². The fraction of sp³-hybridized carbons (Fsp3) is 0.556. The van der Waals surface area contributed by atoms with E-state index in [1.54, 1.807) is 0 Å². The standard InChI is InChI=1S/C18H26N6O2/c1-11(2)18(26)23-5-6-24-15(10-23)7-14(22-24)9-19-17(25)8-16-12(3)20-21-13(16)4/h7,11H,5-6,8-10H2,1-4H3,(H,19,25)(H,20,21). The first kappa shape index (κ1) is 18.2. The summed E-state index contributed by atoms with van der Waals surface area (Å²) in [5.41, 5.74) is 4.54. The second kappa shape index (κ2) is 7.31. The molecular weight excluding hydrogens is 332 g/mol. The summed E-state index contributed by atoms with van der Waals surface area (Å²) in [7, 11) is 0. The molecule has 0 atom stereocenters. The summed E-state index contributed by atoms with van der Waals surface area (Å²) >= 11 is 0. The highest BCUT2D eigenvalue weighted by atomic mass is 16.2. The van der Waals surface area contributed by atoms with Crippen LogP contribution in [0, 0.1) is 19.8 Å². The molecule has 3 rings (SSSR count). The summed E-state index contributed by atoms with van der Waals surface area (Å²) in [4.78, 5) is 26.2. The molecule has 8 heteroatoms. The molecule has 26 heavy (non-hydrogen) atoms. The Bertz CT molecular complexity index is 800. The zero-order valence-electron chi connectivity index (χ0n) is 15.8. The number of nitrogens with one attached hydrogen (secondary N) is 2. The van der Waals surface area contributed by atoms with Crippen molar-refractivity contribution >= 4 is 11.8 Å². The lowest BCUT2D eigenvalue weighted by Crippen LogP contribution is -2.40. The third-order valence-electron chi connectivity index (χ3n) is 4.74. The Kier molecular flexibility index (Phi) is 5.11. The number of carbonyl (C=O) groups excluding carboxylic acids is 2. The normalized spacial score (nSPS) is 13.8. The number of hydrogen-bond donors (Lipinski definition) is 2. The summed E-state index contributed by atoms with van der Waals surface area (Å²) in [6.45, 7) is 9.96. The maximum absolute atomic E-state index is 12.2. The molecule has 0 bridgehead atoms. The van der Waals surface area contributed by atoms with E-state index in [0.29, 0.717) is 32.6 Å². The molecule has 2 aromatic rings. The summed E-state index contributed by atoms with van der Waals surface area (Å²) in [5.74, 6) is 0.108. The number of aryl methyl sites for hydroxylation is 2. The first-order valence-electron chi connectivity index (χ1n) is 8.96. The summed E-state index contributed by atoms with van der Waals surface area (Å²) in [5, 5.41) is 14.5. The maximum atomic E-state index is 12.2. The zero-order chi connectivity index (χ0) is 18.8. The van der Waals surface area contributed by atoms with E-state index in [2.05, 4.69) is 20.6 Å². The van der Waals surface area contributed by atoms with E-state index in [1.165, 1.54) is 0 Å². The molecule has 2 N–H and O–H groups in total. The number of aromatic amines is 1. The number of aromatic nitrogens is 4. The Labute approximate surface area is 152 Å². The number of H-pyrrole nitrogens is 1. The molecule has 0 unspecified atom stereocenters. The second-order valence-electron chi connectivity index (χ2n) is 7.13. The molecule has 0 saturated heterocycles. The Morgan fingerprint density at radius 2 is 2.08 bits per heavy atom. The Hall–Kier alpha value is -2.64. The molecule has 2 amide bonds. The minimum atomic E-state index is -0.0554. The minimum Gasteiger partial charge on any atom is -0.350 e. The van der Waals surface area contributed by atoms with Gasteiger partial charge in [0.2, 0.25) is 11.8 Å². The van der Waals surface area contributed by atoms with Crippen molar-refractivity contribution in [3.8, 4) is 0 Å². The molecule has 0 saturated carbocycles. The fourth-order valence-electron chi connectivity index (χ4n) is 3.21. The van der Waals surface area contributed by atoms with Gasteiger partial charge in [-0.3, -0.25) is 19.4 Å². The van der Waals surface area contributed by atoms with Crippen molar-refractivity contribution in [1.82, 2.24) is 30.2 Å². The van der Waals surface area contributed by atoms with E-state index in [-0.39, 0.29) is 17.7 Å². The Morgan fingerprint density at radius 1 is 1.31 bits per heavy atom. The summed E-state index contributed by atoms with van der Waals surface area (Å²) < 4.78 is 1.93. The van der Waals surface area contributed by atoms with Crippen LogP contribution in [0.4, 0.5) is 0 Å². The molecule has 2 aromatic heterocycles. The fourth-order valence-corrected chi connectivity index (χ4v) is 3.21. The third kappa shape index (κ3) is 3.79. The summed E-state index contributed by atoms with van der Waals surface area (Å²) in [6.07, 6.45) is 0.304. The predicted molar refractivity (Wildman–Crippen MR) is 96.1 cm³/mol. The van der Waals surface area contributed by atoms with Crippen LogP contribution in [0.2, 0.25) is 0 Å². The van der Waals surface area contributed by atoms with Crippen molar-refractivity contribution in [2.75, 3.05) is 6.54 Å². The molecule has 1 aliphatic heterocycles. The lowest BCUT2D eigenvalue weighted by molar-refractivity contribution is -0.136. The van der Waals surface area contributed by atoms with E-state index in [4.69, 9.17) is 0 Å². The van der Waals surface area contributed by atoms with Gasteiger partial charge in [-0.25, -0.2) is 0 Å². The van der Waals surface area contributed by atoms with Crippen molar-refractivity contribution in [2.24, 2.45) is 5.92 Å². The van der Waals surface area contributed by atoms with Crippen LogP contribution in [0.3, 0.4) is 0 Å². The van der Waals surface area contributed by atoms with Gasteiger partial charge in [-0.15, -0.1) is 0 Å². The van der Waals surface area contributed by atoms with Crippen molar-refractivity contribution < 1.29 is 9.59 Å². The molecule has 140 valence electrons. The lowest BCUT2D eigenvalue weighted by Gasteiger charge is -2.29. The number of hydrogen-bond acceptors (Lipinski definition) is 4. The van der Waals surface area contributed by atoms with Crippen LogP contribution in [0.25, 0.3) is 0 Å². The monoisotopic (exact) mass is 358 g/mol. The predicted octanol–water partition coefficient (Wildman–Crippen LogP) is 1.08. The van der Waals surface area contributed by atoms with E-state index in [0.717, 1.165) is 28.3 Å². The zero-order valence-corrected chi connectivity index (χ0v) is 15.8. The number of nitrogens with zero attached hydrogens (tertiary/aromatic N) is 4. The van der Waals surface area contributed by atoms with Gasteiger partial charge in [-0.2, -0.15) is 10.2 Å².